The number of hydrogen-bond acceptors (Lipinski definition) is 3. The summed E-state index contributed by atoms with van der Waals surface area (Å²) in [5.41, 5.74) is 2.43. The highest BCUT2D eigenvalue weighted by molar-refractivity contribution is 5.35. The van der Waals surface area contributed by atoms with Gasteiger partial charge in [-0.1, -0.05) is 56.3 Å². The van der Waals surface area contributed by atoms with Crippen LogP contribution in [0.3, 0.4) is 0 Å². The van der Waals surface area contributed by atoms with Gasteiger partial charge in [0.1, 0.15) is 5.75 Å². The smallest absolute Gasteiger partial charge is 0.115 e. The third kappa shape index (κ3) is 3.79. The molecule has 3 nitrogen and oxygen atoms in total. The van der Waals surface area contributed by atoms with Crippen molar-refractivity contribution in [3.8, 4) is 5.75 Å². The zero-order chi connectivity index (χ0) is 18.6. The number of rotatable bonds is 6. The second-order valence-corrected chi connectivity index (χ2v) is 7.81. The van der Waals surface area contributed by atoms with Crippen LogP contribution >= 0.6 is 0 Å². The molecule has 2 N–H and O–H groups in total. The molecule has 2 aromatic rings. The van der Waals surface area contributed by atoms with Gasteiger partial charge in [-0.25, -0.2) is 0 Å². The summed E-state index contributed by atoms with van der Waals surface area (Å²) >= 11 is 0. The van der Waals surface area contributed by atoms with E-state index in [4.69, 9.17) is 0 Å². The molecule has 26 heavy (non-hydrogen) atoms. The number of nitrogens with zero attached hydrogens (tertiary/aromatic N) is 1. The Kier molecular flexibility index (Phi) is 6.00. The summed E-state index contributed by atoms with van der Waals surface area (Å²) in [7, 11) is 2.23. The summed E-state index contributed by atoms with van der Waals surface area (Å²) in [6, 6.07) is 18.9. The summed E-state index contributed by atoms with van der Waals surface area (Å²) in [6.07, 6.45) is 3.46. The van der Waals surface area contributed by atoms with Crippen LogP contribution in [0.25, 0.3) is 0 Å². The van der Waals surface area contributed by atoms with Gasteiger partial charge in [-0.2, -0.15) is 0 Å². The molecule has 3 heteroatoms. The number of hydrogen-bond donors (Lipinski definition) is 2. The van der Waals surface area contributed by atoms with E-state index in [1.807, 2.05) is 12.1 Å². The lowest BCUT2D eigenvalue weighted by Gasteiger charge is -2.52. The number of likely N-dealkylation sites (N-methyl/N-ethyl adjacent to an activating group) is 2. The van der Waals surface area contributed by atoms with Gasteiger partial charge < -0.3 is 10.4 Å². The van der Waals surface area contributed by atoms with Crippen molar-refractivity contribution in [1.82, 2.24) is 10.2 Å². The molecule has 0 spiro atoms. The predicted octanol–water partition coefficient (Wildman–Crippen LogP) is 4.52. The molecule has 3 rings (SSSR count). The highest BCUT2D eigenvalue weighted by Crippen LogP contribution is 2.45. The van der Waals surface area contributed by atoms with Gasteiger partial charge in [-0.3, -0.25) is 4.90 Å². The van der Waals surface area contributed by atoms with Crippen LogP contribution in [0.1, 0.15) is 44.2 Å². The van der Waals surface area contributed by atoms with Gasteiger partial charge in [0, 0.05) is 12.6 Å². The van der Waals surface area contributed by atoms with E-state index in [-0.39, 0.29) is 5.54 Å². The monoisotopic (exact) mass is 352 g/mol. The van der Waals surface area contributed by atoms with E-state index in [9.17, 15) is 5.11 Å². The molecular weight excluding hydrogens is 320 g/mol. The first-order chi connectivity index (χ1) is 12.6. The minimum atomic E-state index is -0.114. The normalized spacial score (nSPS) is 26.2. The zero-order valence-corrected chi connectivity index (χ0v) is 16.3. The van der Waals surface area contributed by atoms with Crippen LogP contribution in [-0.4, -0.2) is 29.6 Å². The van der Waals surface area contributed by atoms with Gasteiger partial charge in [-0.05, 0) is 62.0 Å². The zero-order valence-electron chi connectivity index (χ0n) is 16.3. The summed E-state index contributed by atoms with van der Waals surface area (Å²) < 4.78 is 0. The molecule has 1 saturated carbocycles. The van der Waals surface area contributed by atoms with Crippen molar-refractivity contribution in [2.24, 2.45) is 5.92 Å². The van der Waals surface area contributed by atoms with E-state index in [1.54, 1.807) is 6.07 Å². The summed E-state index contributed by atoms with van der Waals surface area (Å²) in [5, 5.41) is 13.9. The third-order valence-electron chi connectivity index (χ3n) is 5.97. The lowest BCUT2D eigenvalue weighted by Crippen LogP contribution is -2.60. The van der Waals surface area contributed by atoms with Gasteiger partial charge in [-0.15, -0.1) is 0 Å². The van der Waals surface area contributed by atoms with Gasteiger partial charge in [0.05, 0.1) is 5.54 Å². The highest BCUT2D eigenvalue weighted by atomic mass is 16.3. The van der Waals surface area contributed by atoms with Crippen LogP contribution in [0.15, 0.2) is 54.6 Å². The fourth-order valence-corrected chi connectivity index (χ4v) is 4.65. The van der Waals surface area contributed by atoms with E-state index in [1.165, 1.54) is 17.5 Å². The van der Waals surface area contributed by atoms with Crippen molar-refractivity contribution in [3.05, 3.63) is 65.7 Å². The lowest BCUT2D eigenvalue weighted by atomic mass is 9.68. The number of nitrogens with one attached hydrogen (secondary N) is 1. The molecule has 0 bridgehead atoms. The van der Waals surface area contributed by atoms with Gasteiger partial charge >= 0.3 is 0 Å². The molecule has 0 amide bonds. The first-order valence-corrected chi connectivity index (χ1v) is 9.84. The average molecular weight is 353 g/mol. The second kappa shape index (κ2) is 8.24. The largest absolute Gasteiger partial charge is 0.508 e. The Bertz CT molecular complexity index is 702. The molecule has 1 aliphatic rings. The summed E-state index contributed by atoms with van der Waals surface area (Å²) in [6.45, 7) is 6.39. The number of benzene rings is 2. The first kappa shape index (κ1) is 18.9. The third-order valence-corrected chi connectivity index (χ3v) is 5.97. The molecule has 0 aliphatic heterocycles. The molecule has 3 unspecified atom stereocenters. The molecule has 2 aromatic carbocycles. The Morgan fingerprint density at radius 2 is 1.92 bits per heavy atom. The van der Waals surface area contributed by atoms with E-state index < -0.39 is 0 Å². The van der Waals surface area contributed by atoms with Gasteiger partial charge in [0.2, 0.25) is 0 Å². The Balaban J connectivity index is 2.02. The lowest BCUT2D eigenvalue weighted by molar-refractivity contribution is 0.0161. The van der Waals surface area contributed by atoms with Crippen LogP contribution in [0, 0.1) is 5.92 Å². The summed E-state index contributed by atoms with van der Waals surface area (Å²) in [5.74, 6) is 1.07. The van der Waals surface area contributed by atoms with E-state index in [0.29, 0.717) is 11.8 Å². The molecule has 1 fully saturated rings. The Morgan fingerprint density at radius 1 is 1.15 bits per heavy atom. The Hall–Kier alpha value is -1.84. The van der Waals surface area contributed by atoms with E-state index in [2.05, 4.69) is 67.5 Å². The molecular formula is C23H32N2O. The standard InChI is InChI=1S/C23H32N2O/c1-4-24-22-15-18(2)13-14-23(22,20-11-8-12-21(26)16-20)25(3)17-19-9-6-5-7-10-19/h5-12,16,18,22,24,26H,4,13-15,17H2,1-3H3. The molecule has 0 saturated heterocycles. The van der Waals surface area contributed by atoms with Crippen LogP contribution in [0.2, 0.25) is 0 Å². The maximum absolute atomic E-state index is 10.2. The highest BCUT2D eigenvalue weighted by Gasteiger charge is 2.46. The minimum Gasteiger partial charge on any atom is -0.508 e. The van der Waals surface area contributed by atoms with Crippen molar-refractivity contribution >= 4 is 0 Å². The molecule has 0 heterocycles. The molecule has 140 valence electrons. The minimum absolute atomic E-state index is 0.114. The Labute approximate surface area is 158 Å². The van der Waals surface area contributed by atoms with E-state index in [0.717, 1.165) is 31.8 Å². The molecule has 0 aromatic heterocycles. The van der Waals surface area contributed by atoms with Crippen molar-refractivity contribution in [1.29, 1.82) is 0 Å². The number of aromatic hydroxyl groups is 1. The van der Waals surface area contributed by atoms with Gasteiger partial charge in [0.25, 0.3) is 0 Å². The number of phenols is 1. The van der Waals surface area contributed by atoms with Crippen molar-refractivity contribution < 1.29 is 5.11 Å². The molecule has 1 aliphatic carbocycles. The fraction of sp³-hybridized carbons (Fsp3) is 0.478. The van der Waals surface area contributed by atoms with E-state index >= 15 is 0 Å². The second-order valence-electron chi connectivity index (χ2n) is 7.81. The predicted molar refractivity (Wildman–Crippen MR) is 108 cm³/mol. The fourth-order valence-electron chi connectivity index (χ4n) is 4.65. The van der Waals surface area contributed by atoms with Crippen molar-refractivity contribution in [3.63, 3.8) is 0 Å². The molecule has 0 radical (unpaired) electrons. The number of phenolic OH excluding ortho intramolecular Hbond substituents is 1. The maximum Gasteiger partial charge on any atom is 0.115 e. The van der Waals surface area contributed by atoms with Crippen LogP contribution < -0.4 is 5.32 Å². The SMILES string of the molecule is CCNC1CC(C)CCC1(c1cccc(O)c1)N(C)Cc1ccccc1. The average Bonchev–Trinajstić information content (AvgIpc) is 2.63. The van der Waals surface area contributed by atoms with Crippen LogP contribution in [0.4, 0.5) is 0 Å². The Morgan fingerprint density at radius 3 is 2.62 bits per heavy atom. The van der Waals surface area contributed by atoms with Crippen LogP contribution in [0.5, 0.6) is 5.75 Å². The maximum atomic E-state index is 10.2. The summed E-state index contributed by atoms with van der Waals surface area (Å²) in [4.78, 5) is 2.50. The van der Waals surface area contributed by atoms with Crippen molar-refractivity contribution in [2.45, 2.75) is 51.2 Å². The quantitative estimate of drug-likeness (QED) is 0.802. The topological polar surface area (TPSA) is 35.5 Å². The first-order valence-electron chi connectivity index (χ1n) is 9.84. The van der Waals surface area contributed by atoms with Gasteiger partial charge in [0.15, 0.2) is 0 Å². The van der Waals surface area contributed by atoms with Crippen LogP contribution in [-0.2, 0) is 12.1 Å². The van der Waals surface area contributed by atoms with Crippen molar-refractivity contribution in [2.75, 3.05) is 13.6 Å². The molecule has 3 atom stereocenters.